The monoisotopic (exact) mass is 842 g/mol. The first-order valence-corrected chi connectivity index (χ1v) is 19.6. The number of benzene rings is 2. The van der Waals surface area contributed by atoms with Crippen LogP contribution in [0.1, 0.15) is 69.2 Å². The first-order chi connectivity index (χ1) is 26.5. The van der Waals surface area contributed by atoms with Gasteiger partial charge in [0.25, 0.3) is 11.3 Å². The van der Waals surface area contributed by atoms with Crippen LogP contribution in [0.4, 0.5) is 14.5 Å². The molecular formula is C38H42Cl2F2N2O11S. The Labute approximate surface area is 335 Å². The van der Waals surface area contributed by atoms with Gasteiger partial charge in [-0.1, -0.05) is 35.3 Å². The average molecular weight is 844 g/mol. The molecule has 0 bridgehead atoms. The number of carbonyl (C=O) groups excluding carboxylic acids is 3. The quantitative estimate of drug-likeness (QED) is 0.0681. The molecule has 2 saturated carbocycles. The van der Waals surface area contributed by atoms with Gasteiger partial charge in [0.15, 0.2) is 18.1 Å². The van der Waals surface area contributed by atoms with Gasteiger partial charge in [0.2, 0.25) is 0 Å². The highest BCUT2D eigenvalue weighted by Gasteiger charge is 2.29. The van der Waals surface area contributed by atoms with Gasteiger partial charge in [0.05, 0.1) is 35.4 Å². The number of rotatable bonds is 20. The molecule has 1 N–H and O–H groups in total. The second-order valence-corrected chi connectivity index (χ2v) is 16.1. The van der Waals surface area contributed by atoms with Crippen LogP contribution < -0.4 is 18.5 Å². The predicted molar refractivity (Wildman–Crippen MR) is 201 cm³/mol. The normalized spacial score (nSPS) is 15.1. The predicted octanol–water partition coefficient (Wildman–Crippen LogP) is 7.47. The van der Waals surface area contributed by atoms with E-state index in [-0.39, 0.29) is 58.3 Å². The van der Waals surface area contributed by atoms with Crippen molar-refractivity contribution in [2.45, 2.75) is 77.6 Å². The molecule has 1 unspecified atom stereocenters. The third-order valence-corrected chi connectivity index (χ3v) is 9.74. The number of halogens is 4. The van der Waals surface area contributed by atoms with Crippen molar-refractivity contribution in [3.8, 4) is 17.2 Å². The molecule has 0 amide bonds. The van der Waals surface area contributed by atoms with Crippen LogP contribution in [0.15, 0.2) is 48.8 Å². The molecule has 304 valence electrons. The number of alkyl halides is 2. The highest BCUT2D eigenvalue weighted by Crippen LogP contribution is 2.38. The van der Waals surface area contributed by atoms with E-state index in [0.29, 0.717) is 29.2 Å². The van der Waals surface area contributed by atoms with Crippen LogP contribution in [0.5, 0.6) is 17.2 Å². The van der Waals surface area contributed by atoms with Gasteiger partial charge in [0.1, 0.15) is 24.0 Å². The molecule has 2 aliphatic rings. The lowest BCUT2D eigenvalue weighted by atomic mass is 10.0. The minimum absolute atomic E-state index is 0.0205. The zero-order valence-electron chi connectivity index (χ0n) is 30.8. The number of carbonyl (C=O) groups is 3. The summed E-state index contributed by atoms with van der Waals surface area (Å²) in [6.45, 7) is 1.12. The molecule has 1 heterocycles. The molecule has 5 rings (SSSR count). The molecular weight excluding hydrogens is 801 g/mol. The fraction of sp³-hybridized carbons (Fsp3) is 0.474. The largest absolute Gasteiger partial charge is 0.491 e. The number of hydrogen-bond donors (Lipinski definition) is 1. The second kappa shape index (κ2) is 19.3. The van der Waals surface area contributed by atoms with Gasteiger partial charge >= 0.3 is 24.5 Å². The zero-order chi connectivity index (χ0) is 40.6. The molecule has 1 aromatic heterocycles. The minimum atomic E-state index is -3.11. The highest BCUT2D eigenvalue weighted by molar-refractivity contribution is 7.80. The Morgan fingerprint density at radius 2 is 1.54 bits per heavy atom. The first kappa shape index (κ1) is 42.9. The first-order valence-electron chi connectivity index (χ1n) is 17.7. The minimum Gasteiger partial charge on any atom is -0.491 e. The highest BCUT2D eigenvalue weighted by atomic mass is 35.5. The second-order valence-electron chi connectivity index (χ2n) is 14.4. The Morgan fingerprint density at radius 3 is 2.12 bits per heavy atom. The molecule has 2 aromatic carbocycles. The van der Waals surface area contributed by atoms with E-state index in [4.69, 9.17) is 46.9 Å². The molecule has 3 aromatic rings. The third-order valence-electron chi connectivity index (χ3n) is 8.39. The Morgan fingerprint density at radius 1 is 0.911 bits per heavy atom. The summed E-state index contributed by atoms with van der Waals surface area (Å²) in [5.41, 5.74) is 0.260. The number of nitrogens with zero attached hydrogens (tertiary/aromatic N) is 2. The summed E-state index contributed by atoms with van der Waals surface area (Å²) >= 11 is 10.1. The van der Waals surface area contributed by atoms with Gasteiger partial charge in [-0.15, -0.1) is 0 Å². The number of anilines is 1. The van der Waals surface area contributed by atoms with Gasteiger partial charge in [-0.3, -0.25) is 23.4 Å². The van der Waals surface area contributed by atoms with Crippen molar-refractivity contribution in [3.05, 3.63) is 75.5 Å². The van der Waals surface area contributed by atoms with Crippen molar-refractivity contribution in [2.75, 3.05) is 30.7 Å². The summed E-state index contributed by atoms with van der Waals surface area (Å²) in [5, 5.41) is 0.372. The summed E-state index contributed by atoms with van der Waals surface area (Å²) in [6, 6.07) is 8.62. The number of pyridine rings is 1. The van der Waals surface area contributed by atoms with E-state index in [2.05, 4.69) is 9.72 Å². The van der Waals surface area contributed by atoms with Crippen molar-refractivity contribution in [2.24, 2.45) is 11.8 Å². The Kier molecular flexibility index (Phi) is 14.8. The van der Waals surface area contributed by atoms with E-state index in [0.717, 1.165) is 30.0 Å². The molecule has 2 atom stereocenters. The van der Waals surface area contributed by atoms with Crippen LogP contribution in [-0.4, -0.2) is 70.2 Å². The Bertz CT molecular complexity index is 1890. The smallest absolute Gasteiger partial charge is 0.387 e. The molecule has 18 heteroatoms. The summed E-state index contributed by atoms with van der Waals surface area (Å²) in [5.74, 6) is -1.89. The number of ether oxygens (including phenoxy) is 6. The maximum Gasteiger partial charge on any atom is 0.387 e. The van der Waals surface area contributed by atoms with Crippen molar-refractivity contribution in [3.63, 3.8) is 0 Å². The summed E-state index contributed by atoms with van der Waals surface area (Å²) in [7, 11) is 0. The average Bonchev–Trinajstić information content (AvgIpc) is 4.05. The molecule has 0 spiro atoms. The van der Waals surface area contributed by atoms with E-state index in [1.165, 1.54) is 42.7 Å². The van der Waals surface area contributed by atoms with Gasteiger partial charge in [-0.05, 0) is 99.2 Å². The van der Waals surface area contributed by atoms with E-state index in [9.17, 15) is 31.9 Å². The molecule has 56 heavy (non-hydrogen) atoms. The lowest BCUT2D eigenvalue weighted by molar-refractivity contribution is -0.162. The third kappa shape index (κ3) is 13.5. The Hall–Kier alpha value is -4.25. The molecule has 0 aliphatic heterocycles. The fourth-order valence-corrected chi connectivity index (χ4v) is 6.36. The molecule has 0 saturated heterocycles. The van der Waals surface area contributed by atoms with Crippen LogP contribution in [0.2, 0.25) is 10.0 Å². The van der Waals surface area contributed by atoms with Gasteiger partial charge in [-0.25, -0.2) is 9.00 Å². The molecule has 2 aliphatic carbocycles. The lowest BCUT2D eigenvalue weighted by Crippen LogP contribution is -2.36. The summed E-state index contributed by atoms with van der Waals surface area (Å²) in [4.78, 5) is 42.8. The number of aromatic nitrogens is 1. The van der Waals surface area contributed by atoms with Crippen LogP contribution in [0.25, 0.3) is 0 Å². The summed E-state index contributed by atoms with van der Waals surface area (Å²) < 4.78 is 82.6. The number of hydrogen-bond acceptors (Lipinski definition) is 11. The van der Waals surface area contributed by atoms with Crippen LogP contribution in [0.3, 0.4) is 0 Å². The van der Waals surface area contributed by atoms with E-state index >= 15 is 0 Å². The van der Waals surface area contributed by atoms with Crippen molar-refractivity contribution in [1.29, 1.82) is 0 Å². The van der Waals surface area contributed by atoms with Gasteiger partial charge in [-0.2, -0.15) is 8.78 Å². The number of esters is 3. The van der Waals surface area contributed by atoms with E-state index in [1.54, 1.807) is 26.8 Å². The lowest BCUT2D eigenvalue weighted by Gasteiger charge is -2.25. The maximum absolute atomic E-state index is 13.2. The van der Waals surface area contributed by atoms with Crippen LogP contribution in [0, 0.1) is 11.8 Å². The molecule has 13 nitrogen and oxygen atoms in total. The standard InChI is InChI=1S/C38H42Cl2F2N2O11S/c1-38(2,3)55-35(46)18-44(56(48)49)29-12-24(8-10-30(29)50-19-22-4-5-22)13-34(45)52-21-36(47)53-32(15-26-27(39)16-43-17-28(26)40)25-9-11-31(54-37(41)42)33(14-25)51-20-23-6-7-23/h8-12,14,16-17,22-23,32,37H,4-7,13,15,18-21H2,1-3H3,(H,48,49)/t32-/m0/s1. The van der Waals surface area contributed by atoms with Crippen molar-refractivity contribution in [1.82, 2.24) is 4.98 Å². The SMILES string of the molecule is CC(C)(C)OC(=O)CN(c1cc(CC(=O)OCC(=O)O[C@@H](Cc2c(Cl)cncc2Cl)c2ccc(OC(F)F)c(OCC3CC3)c2)ccc1OCC1CC1)S(=O)O. The topological polar surface area (TPSA) is 160 Å². The maximum atomic E-state index is 13.2. The molecule has 2 fully saturated rings. The van der Waals surface area contributed by atoms with E-state index in [1.807, 2.05) is 0 Å². The van der Waals surface area contributed by atoms with Gasteiger partial charge < -0.3 is 28.4 Å². The fourth-order valence-electron chi connectivity index (χ4n) is 5.32. The van der Waals surface area contributed by atoms with Crippen LogP contribution in [-0.2, 0) is 52.7 Å². The Balaban J connectivity index is 1.30. The zero-order valence-corrected chi connectivity index (χ0v) is 33.2. The van der Waals surface area contributed by atoms with Crippen molar-refractivity contribution >= 4 is 58.1 Å². The molecule has 0 radical (unpaired) electrons. The van der Waals surface area contributed by atoms with Crippen molar-refractivity contribution < 1.29 is 60.3 Å². The summed E-state index contributed by atoms with van der Waals surface area (Å²) in [6.07, 6.45) is 5.03. The van der Waals surface area contributed by atoms with Crippen LogP contribution >= 0.6 is 23.2 Å². The van der Waals surface area contributed by atoms with Gasteiger partial charge in [0, 0.05) is 18.8 Å². The van der Waals surface area contributed by atoms with E-state index < -0.39 is 60.6 Å².